The highest BCUT2D eigenvalue weighted by Crippen LogP contribution is 2.47. The van der Waals surface area contributed by atoms with Gasteiger partial charge in [-0.1, -0.05) is 6.07 Å². The van der Waals surface area contributed by atoms with E-state index >= 15 is 0 Å². The first-order valence-electron chi connectivity index (χ1n) is 9.04. The zero-order valence-corrected chi connectivity index (χ0v) is 14.5. The van der Waals surface area contributed by atoms with Gasteiger partial charge in [0.05, 0.1) is 25.2 Å². The molecule has 2 fully saturated rings. The summed E-state index contributed by atoms with van der Waals surface area (Å²) in [5, 5.41) is 0. The quantitative estimate of drug-likeness (QED) is 0.823. The van der Waals surface area contributed by atoms with Crippen LogP contribution in [-0.2, 0) is 9.47 Å². The van der Waals surface area contributed by atoms with Crippen molar-refractivity contribution in [3.8, 4) is 28.7 Å². The molecule has 4 atom stereocenters. The monoisotopic (exact) mass is 370 g/mol. The lowest BCUT2D eigenvalue weighted by Gasteiger charge is -2.18. The van der Waals surface area contributed by atoms with Gasteiger partial charge in [0.2, 0.25) is 19.9 Å². The average molecular weight is 370 g/mol. The van der Waals surface area contributed by atoms with Crippen LogP contribution in [0.5, 0.6) is 28.7 Å². The van der Waals surface area contributed by atoms with Gasteiger partial charge in [-0.25, -0.2) is 0 Å². The Kier molecular flexibility index (Phi) is 3.39. The van der Waals surface area contributed by atoms with Gasteiger partial charge in [0.15, 0.2) is 23.0 Å². The summed E-state index contributed by atoms with van der Waals surface area (Å²) in [5.74, 6) is 4.10. The molecule has 0 aliphatic carbocycles. The molecule has 140 valence electrons. The van der Waals surface area contributed by atoms with Gasteiger partial charge in [-0.05, 0) is 29.8 Å². The fourth-order valence-electron chi connectivity index (χ4n) is 4.15. The molecule has 0 saturated carbocycles. The zero-order chi connectivity index (χ0) is 17.8. The predicted molar refractivity (Wildman–Crippen MR) is 91.2 cm³/mol. The molecule has 0 N–H and O–H groups in total. The third-order valence-electron chi connectivity index (χ3n) is 5.53. The van der Waals surface area contributed by atoms with E-state index in [0.717, 1.165) is 22.8 Å². The molecule has 4 aliphatic rings. The van der Waals surface area contributed by atoms with Gasteiger partial charge in [-0.2, -0.15) is 0 Å². The van der Waals surface area contributed by atoms with Gasteiger partial charge in [0.1, 0.15) is 5.75 Å². The first-order valence-corrected chi connectivity index (χ1v) is 9.04. The first-order chi connectivity index (χ1) is 13.3. The Morgan fingerprint density at radius 2 is 1.41 bits per heavy atom. The lowest BCUT2D eigenvalue weighted by molar-refractivity contribution is -0.0788. The van der Waals surface area contributed by atoms with Gasteiger partial charge >= 0.3 is 0 Å². The highest BCUT2D eigenvalue weighted by molar-refractivity contribution is 5.47. The Labute approximate surface area is 155 Å². The molecule has 0 aromatic heterocycles. The first kappa shape index (κ1) is 15.4. The Hall–Kier alpha value is -2.64. The molecule has 2 saturated heterocycles. The number of hydrogen-bond acceptors (Lipinski definition) is 7. The molecular formula is C20H18O7. The molecule has 4 heterocycles. The van der Waals surface area contributed by atoms with Crippen LogP contribution in [0.2, 0.25) is 0 Å². The summed E-state index contributed by atoms with van der Waals surface area (Å²) in [6.45, 7) is 1.71. The van der Waals surface area contributed by atoms with E-state index < -0.39 is 0 Å². The van der Waals surface area contributed by atoms with E-state index in [1.807, 2.05) is 36.4 Å². The fraction of sp³-hybridized carbons (Fsp3) is 0.400. The van der Waals surface area contributed by atoms with Crippen LogP contribution in [0.4, 0.5) is 0 Å². The minimum Gasteiger partial charge on any atom is -0.464 e. The highest BCUT2D eigenvalue weighted by atomic mass is 16.7. The standard InChI is InChI=1S/C20H18O7/c1-3-15-17(25-9-23-15)5-11(1)19-13-7-22-20(14(13)8-21-19)27-12-2-4-16-18(6-12)26-10-24-16/h1-6,13-14,19-20H,7-10H2/t13-,14+,19+,20-/m1/s1. The second-order valence-electron chi connectivity index (χ2n) is 7.03. The van der Waals surface area contributed by atoms with Gasteiger partial charge in [-0.15, -0.1) is 0 Å². The van der Waals surface area contributed by atoms with Crippen LogP contribution in [0.25, 0.3) is 0 Å². The van der Waals surface area contributed by atoms with Gasteiger partial charge < -0.3 is 33.2 Å². The van der Waals surface area contributed by atoms with Crippen molar-refractivity contribution in [2.24, 2.45) is 11.8 Å². The van der Waals surface area contributed by atoms with Crippen molar-refractivity contribution in [3.05, 3.63) is 42.0 Å². The largest absolute Gasteiger partial charge is 0.464 e. The van der Waals surface area contributed by atoms with Crippen LogP contribution < -0.4 is 23.7 Å². The predicted octanol–water partition coefficient (Wildman–Crippen LogP) is 2.88. The van der Waals surface area contributed by atoms with Crippen molar-refractivity contribution < 1.29 is 33.2 Å². The molecule has 7 nitrogen and oxygen atoms in total. The maximum absolute atomic E-state index is 6.11. The van der Waals surface area contributed by atoms with Crippen molar-refractivity contribution >= 4 is 0 Å². The fourth-order valence-corrected chi connectivity index (χ4v) is 4.15. The second kappa shape index (κ2) is 5.94. The van der Waals surface area contributed by atoms with Gasteiger partial charge in [0.25, 0.3) is 0 Å². The van der Waals surface area contributed by atoms with Crippen molar-refractivity contribution in [2.75, 3.05) is 26.8 Å². The Morgan fingerprint density at radius 3 is 2.26 bits per heavy atom. The smallest absolute Gasteiger partial charge is 0.231 e. The molecule has 4 aliphatic heterocycles. The molecule has 0 bridgehead atoms. The topological polar surface area (TPSA) is 64.6 Å². The van der Waals surface area contributed by atoms with Crippen molar-refractivity contribution in [3.63, 3.8) is 0 Å². The van der Waals surface area contributed by atoms with Crippen molar-refractivity contribution in [2.45, 2.75) is 12.4 Å². The Bertz CT molecular complexity index is 883. The third-order valence-corrected chi connectivity index (χ3v) is 5.53. The van der Waals surface area contributed by atoms with Gasteiger partial charge in [-0.3, -0.25) is 0 Å². The van der Waals surface area contributed by atoms with Crippen LogP contribution in [0.3, 0.4) is 0 Å². The molecule has 0 radical (unpaired) electrons. The minimum absolute atomic E-state index is 0.0325. The molecule has 2 aromatic carbocycles. The molecule has 0 spiro atoms. The number of benzene rings is 2. The van der Waals surface area contributed by atoms with E-state index in [9.17, 15) is 0 Å². The molecule has 27 heavy (non-hydrogen) atoms. The van der Waals surface area contributed by atoms with E-state index in [1.54, 1.807) is 0 Å². The minimum atomic E-state index is -0.339. The summed E-state index contributed by atoms with van der Waals surface area (Å²) in [4.78, 5) is 0. The van der Waals surface area contributed by atoms with Crippen molar-refractivity contribution in [1.82, 2.24) is 0 Å². The van der Waals surface area contributed by atoms with Crippen LogP contribution in [0, 0.1) is 11.8 Å². The average Bonchev–Trinajstić information content (AvgIpc) is 3.46. The number of hydrogen-bond donors (Lipinski definition) is 0. The summed E-state index contributed by atoms with van der Waals surface area (Å²) in [6, 6.07) is 11.5. The van der Waals surface area contributed by atoms with E-state index in [0.29, 0.717) is 24.7 Å². The SMILES string of the molecule is c1cc2c(cc1O[C@H]1OC[C@@H]3[C@@H]1CO[C@H]3c1ccc3c(c1)OCO3)OCO2. The Balaban J connectivity index is 1.19. The molecular weight excluding hydrogens is 352 g/mol. The molecule has 0 unspecified atom stereocenters. The summed E-state index contributed by atoms with van der Waals surface area (Å²) in [6.07, 6.45) is -0.371. The van der Waals surface area contributed by atoms with E-state index in [2.05, 4.69) is 0 Å². The lowest BCUT2D eigenvalue weighted by Crippen LogP contribution is -2.26. The molecule has 7 heteroatoms. The molecule has 0 amide bonds. The molecule has 6 rings (SSSR count). The number of ether oxygens (including phenoxy) is 7. The summed E-state index contributed by atoms with van der Waals surface area (Å²) >= 11 is 0. The van der Waals surface area contributed by atoms with Gasteiger partial charge in [0, 0.05) is 12.0 Å². The van der Waals surface area contributed by atoms with Crippen LogP contribution in [-0.4, -0.2) is 33.1 Å². The second-order valence-corrected chi connectivity index (χ2v) is 7.03. The lowest BCUT2D eigenvalue weighted by atomic mass is 9.89. The van der Waals surface area contributed by atoms with E-state index in [4.69, 9.17) is 33.2 Å². The maximum atomic E-state index is 6.11. The third kappa shape index (κ3) is 2.49. The summed E-state index contributed by atoms with van der Waals surface area (Å²) < 4.78 is 39.8. The summed E-state index contributed by atoms with van der Waals surface area (Å²) in [5.41, 5.74) is 1.08. The summed E-state index contributed by atoms with van der Waals surface area (Å²) in [7, 11) is 0. The number of rotatable bonds is 3. The van der Waals surface area contributed by atoms with Crippen LogP contribution >= 0.6 is 0 Å². The number of fused-ring (bicyclic) bond motifs is 3. The van der Waals surface area contributed by atoms with Crippen molar-refractivity contribution in [1.29, 1.82) is 0 Å². The van der Waals surface area contributed by atoms with E-state index in [-0.39, 0.29) is 37.8 Å². The highest BCUT2D eigenvalue weighted by Gasteiger charge is 2.49. The van der Waals surface area contributed by atoms with E-state index in [1.165, 1.54) is 0 Å². The molecule has 2 aromatic rings. The Morgan fingerprint density at radius 1 is 0.704 bits per heavy atom. The zero-order valence-electron chi connectivity index (χ0n) is 14.5. The maximum Gasteiger partial charge on any atom is 0.231 e. The van der Waals surface area contributed by atoms with Crippen LogP contribution in [0.1, 0.15) is 11.7 Å². The van der Waals surface area contributed by atoms with Crippen LogP contribution in [0.15, 0.2) is 36.4 Å². The normalized spacial score (nSPS) is 29.8.